The Bertz CT molecular complexity index is 385. The minimum absolute atomic E-state index is 0.162. The van der Waals surface area contributed by atoms with Crippen LogP contribution in [-0.2, 0) is 0 Å². The second-order valence-electron chi connectivity index (χ2n) is 5.78. The smallest absolute Gasteiger partial charge is 0.229 e. The summed E-state index contributed by atoms with van der Waals surface area (Å²) in [6.45, 7) is 2.30. The maximum Gasteiger partial charge on any atom is 0.229 e. The lowest BCUT2D eigenvalue weighted by Gasteiger charge is -2.28. The van der Waals surface area contributed by atoms with Crippen LogP contribution in [0.4, 0.5) is 0 Å². The van der Waals surface area contributed by atoms with E-state index >= 15 is 0 Å². The average Bonchev–Trinajstić information content (AvgIpc) is 2.74. The van der Waals surface area contributed by atoms with Crippen molar-refractivity contribution in [3.05, 3.63) is 11.7 Å². The number of hydrogen-bond donors (Lipinski definition) is 1. The molecule has 0 amide bonds. The molecule has 2 unspecified atom stereocenters. The average molecular weight is 236 g/mol. The SMILES string of the molecule is CC1CCCC(c2noc(C3CC(O)C3)n2)C1. The molecule has 3 rings (SSSR count). The molecule has 0 aliphatic heterocycles. The molecule has 1 aromatic rings. The number of rotatable bonds is 2. The first-order valence-corrected chi connectivity index (χ1v) is 6.74. The summed E-state index contributed by atoms with van der Waals surface area (Å²) in [6, 6.07) is 0. The molecule has 4 nitrogen and oxygen atoms in total. The summed E-state index contributed by atoms with van der Waals surface area (Å²) < 4.78 is 5.33. The van der Waals surface area contributed by atoms with Gasteiger partial charge in [-0.1, -0.05) is 24.9 Å². The summed E-state index contributed by atoms with van der Waals surface area (Å²) in [5.74, 6) is 3.20. The van der Waals surface area contributed by atoms with Crippen LogP contribution in [0.2, 0.25) is 0 Å². The molecule has 1 aromatic heterocycles. The van der Waals surface area contributed by atoms with E-state index in [0.717, 1.165) is 30.5 Å². The minimum atomic E-state index is -0.162. The molecular formula is C13H20N2O2. The zero-order chi connectivity index (χ0) is 11.8. The van der Waals surface area contributed by atoms with E-state index in [2.05, 4.69) is 17.1 Å². The van der Waals surface area contributed by atoms with Gasteiger partial charge in [0.05, 0.1) is 6.10 Å². The van der Waals surface area contributed by atoms with Crippen molar-refractivity contribution in [2.24, 2.45) is 5.92 Å². The molecule has 17 heavy (non-hydrogen) atoms. The standard InChI is InChI=1S/C13H20N2O2/c1-8-3-2-4-9(5-8)12-14-13(17-15-12)10-6-11(16)7-10/h8-11,16H,2-7H2,1H3. The van der Waals surface area contributed by atoms with Crippen molar-refractivity contribution in [1.29, 1.82) is 0 Å². The van der Waals surface area contributed by atoms with Crippen molar-refractivity contribution in [2.45, 2.75) is 63.4 Å². The largest absolute Gasteiger partial charge is 0.393 e. The van der Waals surface area contributed by atoms with Gasteiger partial charge in [-0.3, -0.25) is 0 Å². The first-order chi connectivity index (χ1) is 8.22. The summed E-state index contributed by atoms with van der Waals surface area (Å²) in [7, 11) is 0. The van der Waals surface area contributed by atoms with E-state index in [1.54, 1.807) is 0 Å². The third-order valence-electron chi connectivity index (χ3n) is 4.22. The molecule has 1 heterocycles. The van der Waals surface area contributed by atoms with Crippen molar-refractivity contribution < 1.29 is 9.63 Å². The van der Waals surface area contributed by atoms with E-state index < -0.39 is 0 Å². The third kappa shape index (κ3) is 2.23. The number of nitrogens with zero attached hydrogens (tertiary/aromatic N) is 2. The van der Waals surface area contributed by atoms with E-state index in [4.69, 9.17) is 4.52 Å². The number of hydrogen-bond acceptors (Lipinski definition) is 4. The molecule has 0 radical (unpaired) electrons. The quantitative estimate of drug-likeness (QED) is 0.857. The van der Waals surface area contributed by atoms with Crippen molar-refractivity contribution in [3.8, 4) is 0 Å². The molecule has 2 fully saturated rings. The Balaban J connectivity index is 1.67. The maximum atomic E-state index is 9.28. The first-order valence-electron chi connectivity index (χ1n) is 6.74. The zero-order valence-corrected chi connectivity index (χ0v) is 10.3. The fourth-order valence-electron chi connectivity index (χ4n) is 3.04. The van der Waals surface area contributed by atoms with Gasteiger partial charge >= 0.3 is 0 Å². The van der Waals surface area contributed by atoms with Crippen LogP contribution in [0.25, 0.3) is 0 Å². The van der Waals surface area contributed by atoms with Crippen molar-refractivity contribution in [2.75, 3.05) is 0 Å². The third-order valence-corrected chi connectivity index (χ3v) is 4.22. The lowest BCUT2D eigenvalue weighted by atomic mass is 9.81. The van der Waals surface area contributed by atoms with Crippen molar-refractivity contribution >= 4 is 0 Å². The Labute approximate surface area is 101 Å². The Kier molecular flexibility index (Phi) is 2.90. The molecule has 2 aliphatic rings. The molecule has 2 aliphatic carbocycles. The molecule has 2 atom stereocenters. The van der Waals surface area contributed by atoms with E-state index in [1.807, 2.05) is 0 Å². The molecule has 1 N–H and O–H groups in total. The van der Waals surface area contributed by atoms with Gasteiger partial charge in [-0.15, -0.1) is 0 Å². The number of aromatic nitrogens is 2. The van der Waals surface area contributed by atoms with Gasteiger partial charge in [0.2, 0.25) is 5.89 Å². The van der Waals surface area contributed by atoms with Crippen LogP contribution in [0.1, 0.15) is 69.0 Å². The molecular weight excluding hydrogens is 216 g/mol. The van der Waals surface area contributed by atoms with E-state index in [9.17, 15) is 5.11 Å². The predicted octanol–water partition coefficient (Wildman–Crippen LogP) is 2.60. The van der Waals surface area contributed by atoms with Gasteiger partial charge in [0.15, 0.2) is 5.82 Å². The molecule has 0 saturated heterocycles. The van der Waals surface area contributed by atoms with Gasteiger partial charge in [-0.05, 0) is 31.6 Å². The Morgan fingerprint density at radius 3 is 2.71 bits per heavy atom. The lowest BCUT2D eigenvalue weighted by molar-refractivity contribution is 0.0625. The Morgan fingerprint density at radius 1 is 1.18 bits per heavy atom. The fraction of sp³-hybridized carbons (Fsp3) is 0.846. The summed E-state index contributed by atoms with van der Waals surface area (Å²) in [5.41, 5.74) is 0. The van der Waals surface area contributed by atoms with Crippen LogP contribution in [0.15, 0.2) is 4.52 Å². The topological polar surface area (TPSA) is 59.2 Å². The molecule has 2 saturated carbocycles. The van der Waals surface area contributed by atoms with Gasteiger partial charge in [-0.2, -0.15) is 4.98 Å². The lowest BCUT2D eigenvalue weighted by Crippen LogP contribution is -2.26. The molecule has 0 spiro atoms. The summed E-state index contributed by atoms with van der Waals surface area (Å²) in [6.07, 6.45) is 6.38. The summed E-state index contributed by atoms with van der Waals surface area (Å²) in [5, 5.41) is 13.4. The van der Waals surface area contributed by atoms with Crippen LogP contribution in [-0.4, -0.2) is 21.4 Å². The maximum absolute atomic E-state index is 9.28. The summed E-state index contributed by atoms with van der Waals surface area (Å²) in [4.78, 5) is 4.54. The normalized spacial score (nSPS) is 37.8. The highest BCUT2D eigenvalue weighted by Crippen LogP contribution is 2.38. The van der Waals surface area contributed by atoms with E-state index in [0.29, 0.717) is 11.8 Å². The molecule has 4 heteroatoms. The predicted molar refractivity (Wildman–Crippen MR) is 62.7 cm³/mol. The molecule has 0 bridgehead atoms. The molecule has 94 valence electrons. The van der Waals surface area contributed by atoms with Gasteiger partial charge < -0.3 is 9.63 Å². The Morgan fingerprint density at radius 2 is 2.00 bits per heavy atom. The van der Waals surface area contributed by atoms with Crippen molar-refractivity contribution in [1.82, 2.24) is 10.1 Å². The highest BCUT2D eigenvalue weighted by molar-refractivity contribution is 5.04. The monoisotopic (exact) mass is 236 g/mol. The summed E-state index contributed by atoms with van der Waals surface area (Å²) >= 11 is 0. The van der Waals surface area contributed by atoms with Gasteiger partial charge in [0.1, 0.15) is 0 Å². The van der Waals surface area contributed by atoms with Gasteiger partial charge in [-0.25, -0.2) is 0 Å². The highest BCUT2D eigenvalue weighted by atomic mass is 16.5. The second kappa shape index (κ2) is 4.41. The highest BCUT2D eigenvalue weighted by Gasteiger charge is 2.34. The first kappa shape index (κ1) is 11.2. The van der Waals surface area contributed by atoms with Crippen molar-refractivity contribution in [3.63, 3.8) is 0 Å². The van der Waals surface area contributed by atoms with Crippen LogP contribution in [0.3, 0.4) is 0 Å². The number of aliphatic hydroxyl groups is 1. The van der Waals surface area contributed by atoms with E-state index in [-0.39, 0.29) is 6.10 Å². The van der Waals surface area contributed by atoms with Gasteiger partial charge in [0, 0.05) is 11.8 Å². The Hall–Kier alpha value is -0.900. The van der Waals surface area contributed by atoms with Gasteiger partial charge in [0.25, 0.3) is 0 Å². The fourth-order valence-corrected chi connectivity index (χ4v) is 3.04. The minimum Gasteiger partial charge on any atom is -0.393 e. The van der Waals surface area contributed by atoms with E-state index in [1.165, 1.54) is 25.7 Å². The molecule has 0 aromatic carbocycles. The zero-order valence-electron chi connectivity index (χ0n) is 10.3. The second-order valence-corrected chi connectivity index (χ2v) is 5.78. The van der Waals surface area contributed by atoms with Crippen LogP contribution in [0.5, 0.6) is 0 Å². The van der Waals surface area contributed by atoms with Crippen LogP contribution < -0.4 is 0 Å². The number of aliphatic hydroxyl groups excluding tert-OH is 1. The van der Waals surface area contributed by atoms with Crippen LogP contribution in [0, 0.1) is 5.92 Å². The van der Waals surface area contributed by atoms with Crippen LogP contribution >= 0.6 is 0 Å².